The minimum atomic E-state index is -0.304. The summed E-state index contributed by atoms with van der Waals surface area (Å²) in [5.41, 5.74) is 2.13. The highest BCUT2D eigenvalue weighted by Gasteiger charge is 2.68. The third-order valence-electron chi connectivity index (χ3n) is 11.2. The van der Waals surface area contributed by atoms with E-state index in [0.29, 0.717) is 35.1 Å². The molecule has 0 amide bonds. The maximum Gasteiger partial charge on any atom is 0.171 e. The predicted molar refractivity (Wildman–Crippen MR) is 117 cm³/mol. The molecule has 3 saturated carbocycles. The molecule has 2 aliphatic heterocycles. The van der Waals surface area contributed by atoms with Crippen LogP contribution in [0.3, 0.4) is 0 Å². The molecule has 4 aliphatic carbocycles. The molecule has 0 aromatic carbocycles. The topological polar surface area (TPSA) is 35.5 Å². The normalized spacial score (nSPS) is 57.4. The Morgan fingerprint density at radius 3 is 2.67 bits per heavy atom. The number of hydrogen-bond acceptors (Lipinski definition) is 3. The largest absolute Gasteiger partial charge is 0.349 e. The molecule has 0 aromatic heterocycles. The van der Waals surface area contributed by atoms with Gasteiger partial charge in [-0.3, -0.25) is 4.79 Å². The van der Waals surface area contributed by atoms with Crippen LogP contribution < -0.4 is 0 Å². The van der Waals surface area contributed by atoms with E-state index in [1.165, 1.54) is 37.7 Å². The van der Waals surface area contributed by atoms with Crippen molar-refractivity contribution in [3.05, 3.63) is 11.6 Å². The van der Waals surface area contributed by atoms with Gasteiger partial charge in [-0.05, 0) is 78.9 Å². The number of rotatable bonds is 0. The number of ether oxygens (including phenoxy) is 2. The van der Waals surface area contributed by atoms with Gasteiger partial charge >= 0.3 is 0 Å². The van der Waals surface area contributed by atoms with Crippen LogP contribution in [0.15, 0.2) is 11.6 Å². The van der Waals surface area contributed by atoms with Gasteiger partial charge in [0.1, 0.15) is 5.78 Å². The van der Waals surface area contributed by atoms with E-state index in [1.807, 2.05) is 0 Å². The van der Waals surface area contributed by atoms with Gasteiger partial charge in [-0.2, -0.15) is 0 Å². The summed E-state index contributed by atoms with van der Waals surface area (Å²) >= 11 is 0. The Balaban J connectivity index is 1.29. The number of allylic oxidation sites excluding steroid dienone is 2. The summed E-state index contributed by atoms with van der Waals surface area (Å²) in [4.78, 5) is 12.1. The second kappa shape index (κ2) is 6.44. The predicted octanol–water partition coefficient (Wildman–Crippen LogP) is 5.92. The SMILES string of the molecule is C[C@@H]1CC[C@@]2(OC1)O[C@H]1C[C@H]3[C@@H]4CC=C5CC(=O)CC[C@]5(C)[C@@H]4CC[C@]3(C)[C@@H]1[C@@H]2C. The Morgan fingerprint density at radius 2 is 1.90 bits per heavy atom. The van der Waals surface area contributed by atoms with E-state index < -0.39 is 0 Å². The number of Topliss-reactive ketones (excluding diaryl/α,β-unsaturated/α-hetero) is 1. The number of carbonyl (C=O) groups excluding carboxylic acids is 1. The summed E-state index contributed by atoms with van der Waals surface area (Å²) in [5, 5.41) is 0. The molecule has 5 fully saturated rings. The highest BCUT2D eigenvalue weighted by Crippen LogP contribution is 2.70. The van der Waals surface area contributed by atoms with E-state index in [-0.39, 0.29) is 11.2 Å². The number of fused-ring (bicyclic) bond motifs is 7. The zero-order chi connectivity index (χ0) is 20.9. The number of hydrogen-bond donors (Lipinski definition) is 0. The molecule has 0 bridgehead atoms. The van der Waals surface area contributed by atoms with E-state index in [4.69, 9.17) is 9.47 Å². The maximum atomic E-state index is 12.1. The number of carbonyl (C=O) groups is 1. The molecule has 30 heavy (non-hydrogen) atoms. The van der Waals surface area contributed by atoms with Crippen molar-refractivity contribution in [3.8, 4) is 0 Å². The molecule has 1 spiro atoms. The van der Waals surface area contributed by atoms with Crippen molar-refractivity contribution in [1.82, 2.24) is 0 Å². The Bertz CT molecular complexity index is 777. The molecule has 2 saturated heterocycles. The lowest BCUT2D eigenvalue weighted by atomic mass is 9.47. The van der Waals surface area contributed by atoms with Crippen molar-refractivity contribution in [2.75, 3.05) is 6.61 Å². The first-order valence-corrected chi connectivity index (χ1v) is 12.8. The van der Waals surface area contributed by atoms with Crippen molar-refractivity contribution in [1.29, 1.82) is 0 Å². The third kappa shape index (κ3) is 2.48. The van der Waals surface area contributed by atoms with E-state index in [2.05, 4.69) is 33.8 Å². The molecule has 0 unspecified atom stereocenters. The van der Waals surface area contributed by atoms with Gasteiger partial charge in [-0.15, -0.1) is 0 Å². The van der Waals surface area contributed by atoms with Gasteiger partial charge in [0, 0.05) is 25.2 Å². The Labute approximate surface area is 182 Å². The molecule has 0 radical (unpaired) electrons. The Morgan fingerprint density at radius 1 is 1.07 bits per heavy atom. The molecule has 6 aliphatic rings. The summed E-state index contributed by atoms with van der Waals surface area (Å²) in [6.07, 6.45) is 12.9. The first-order chi connectivity index (χ1) is 14.3. The fraction of sp³-hybridized carbons (Fsp3) is 0.889. The van der Waals surface area contributed by atoms with Crippen molar-refractivity contribution < 1.29 is 14.3 Å². The van der Waals surface area contributed by atoms with E-state index in [1.54, 1.807) is 0 Å². The zero-order valence-corrected chi connectivity index (χ0v) is 19.4. The van der Waals surface area contributed by atoms with Crippen LogP contribution in [-0.4, -0.2) is 24.3 Å². The van der Waals surface area contributed by atoms with Gasteiger partial charge in [0.25, 0.3) is 0 Å². The van der Waals surface area contributed by atoms with Gasteiger partial charge in [-0.1, -0.05) is 39.3 Å². The summed E-state index contributed by atoms with van der Waals surface area (Å²) in [5.74, 6) is 4.26. The van der Waals surface area contributed by atoms with Gasteiger partial charge < -0.3 is 9.47 Å². The summed E-state index contributed by atoms with van der Waals surface area (Å²) < 4.78 is 13.3. The first kappa shape index (κ1) is 20.0. The van der Waals surface area contributed by atoms with E-state index in [9.17, 15) is 4.79 Å². The first-order valence-electron chi connectivity index (χ1n) is 12.8. The van der Waals surface area contributed by atoms with Crippen molar-refractivity contribution in [2.45, 2.75) is 97.4 Å². The maximum absolute atomic E-state index is 12.1. The lowest BCUT2D eigenvalue weighted by molar-refractivity contribution is -0.272. The van der Waals surface area contributed by atoms with E-state index >= 15 is 0 Å². The lowest BCUT2D eigenvalue weighted by Crippen LogP contribution is -2.52. The fourth-order valence-corrected chi connectivity index (χ4v) is 9.49. The second-order valence-electron chi connectivity index (χ2n) is 12.5. The highest BCUT2D eigenvalue weighted by molar-refractivity contribution is 5.82. The van der Waals surface area contributed by atoms with Crippen LogP contribution in [0.5, 0.6) is 0 Å². The standard InChI is InChI=1S/C27H40O3/c1-16-7-12-27(29-15-16)17(2)24-23(30-27)14-22-20-6-5-18-13-19(28)8-10-25(18,3)21(20)9-11-26(22,24)4/h5,16-17,20-24H,6-15H2,1-4H3/t16-,17+,20-,21-,22+,23+,24-,25+,26+,27-/m1/s1. The lowest BCUT2D eigenvalue weighted by Gasteiger charge is -2.58. The molecular weight excluding hydrogens is 372 g/mol. The van der Waals surface area contributed by atoms with Crippen LogP contribution in [0.4, 0.5) is 0 Å². The van der Waals surface area contributed by atoms with Crippen LogP contribution in [0.25, 0.3) is 0 Å². The van der Waals surface area contributed by atoms with Gasteiger partial charge in [0.15, 0.2) is 5.79 Å². The summed E-state index contributed by atoms with van der Waals surface area (Å²) in [7, 11) is 0. The number of ketones is 1. The molecular formula is C27H40O3. The molecule has 0 N–H and O–H groups in total. The molecule has 166 valence electrons. The smallest absolute Gasteiger partial charge is 0.171 e. The summed E-state index contributed by atoms with van der Waals surface area (Å²) in [6, 6.07) is 0. The van der Waals surface area contributed by atoms with Gasteiger partial charge in [-0.25, -0.2) is 0 Å². The van der Waals surface area contributed by atoms with Gasteiger partial charge in [0.2, 0.25) is 0 Å². The third-order valence-corrected chi connectivity index (χ3v) is 11.2. The van der Waals surface area contributed by atoms with Crippen LogP contribution in [0.2, 0.25) is 0 Å². The average Bonchev–Trinajstić information content (AvgIpc) is 3.16. The monoisotopic (exact) mass is 412 g/mol. The van der Waals surface area contributed by atoms with Crippen molar-refractivity contribution >= 4 is 5.78 Å². The quantitative estimate of drug-likeness (QED) is 0.463. The van der Waals surface area contributed by atoms with Crippen LogP contribution in [0.1, 0.15) is 85.5 Å². The fourth-order valence-electron chi connectivity index (χ4n) is 9.49. The van der Waals surface area contributed by atoms with Crippen LogP contribution >= 0.6 is 0 Å². The molecule has 3 heteroatoms. The molecule has 2 heterocycles. The highest BCUT2D eigenvalue weighted by atomic mass is 16.7. The van der Waals surface area contributed by atoms with E-state index in [0.717, 1.165) is 50.0 Å². The molecule has 3 nitrogen and oxygen atoms in total. The molecule has 0 aromatic rings. The minimum absolute atomic E-state index is 0.270. The van der Waals surface area contributed by atoms with Crippen molar-refractivity contribution in [2.24, 2.45) is 46.3 Å². The van der Waals surface area contributed by atoms with Gasteiger partial charge in [0.05, 0.1) is 12.7 Å². The minimum Gasteiger partial charge on any atom is -0.349 e. The molecule has 6 rings (SSSR count). The molecule has 10 atom stereocenters. The van der Waals surface area contributed by atoms with Crippen molar-refractivity contribution in [3.63, 3.8) is 0 Å². The second-order valence-corrected chi connectivity index (χ2v) is 12.5. The Hall–Kier alpha value is -0.670. The zero-order valence-electron chi connectivity index (χ0n) is 19.4. The Kier molecular flexibility index (Phi) is 4.29. The van der Waals surface area contributed by atoms with Crippen LogP contribution in [0, 0.1) is 46.3 Å². The summed E-state index contributed by atoms with van der Waals surface area (Å²) in [6.45, 7) is 10.7. The van der Waals surface area contributed by atoms with Crippen LogP contribution in [-0.2, 0) is 14.3 Å². The average molecular weight is 413 g/mol.